The number of ether oxygens (including phenoxy) is 2. The summed E-state index contributed by atoms with van der Waals surface area (Å²) in [6, 6.07) is 2.84. The largest absolute Gasteiger partial charge is 0.495 e. The summed E-state index contributed by atoms with van der Waals surface area (Å²) in [6.07, 6.45) is 4.66. The van der Waals surface area contributed by atoms with Crippen LogP contribution >= 0.6 is 0 Å². The van der Waals surface area contributed by atoms with Gasteiger partial charge in [0.1, 0.15) is 21.8 Å². The molecule has 0 saturated heterocycles. The monoisotopic (exact) mass is 476 g/mol. The van der Waals surface area contributed by atoms with Gasteiger partial charge in [-0.15, -0.1) is 0 Å². The highest BCUT2D eigenvalue weighted by molar-refractivity contribution is 7.92. The number of fused-ring (bicyclic) bond motifs is 2. The van der Waals surface area contributed by atoms with Gasteiger partial charge in [-0.2, -0.15) is 5.10 Å². The standard InChI is InChI=1S/C22H25FN4O5S/c1-22(2,3)33(29,30)18-12-27-16(10-24-19(27)9-17(18)31-4)13-8-15(23)21(32-5)20-14(13)11-26(25-20)6-7-28/h8-12,28H,6-7H2,1-5H3. The van der Waals surface area contributed by atoms with E-state index in [2.05, 4.69) is 10.1 Å². The van der Waals surface area contributed by atoms with E-state index in [4.69, 9.17) is 9.47 Å². The quantitative estimate of drug-likeness (QED) is 0.456. The van der Waals surface area contributed by atoms with E-state index in [1.165, 1.54) is 43.4 Å². The van der Waals surface area contributed by atoms with Crippen molar-refractivity contribution in [3.05, 3.63) is 36.5 Å². The molecule has 0 spiro atoms. The minimum Gasteiger partial charge on any atom is -0.495 e. The molecule has 0 unspecified atom stereocenters. The molecule has 0 aliphatic heterocycles. The summed E-state index contributed by atoms with van der Waals surface area (Å²) in [5.74, 6) is -0.464. The summed E-state index contributed by atoms with van der Waals surface area (Å²) in [5.41, 5.74) is 1.63. The molecule has 9 nitrogen and oxygen atoms in total. The fourth-order valence-corrected chi connectivity index (χ4v) is 4.98. The Morgan fingerprint density at radius 2 is 1.88 bits per heavy atom. The number of hydrogen-bond donors (Lipinski definition) is 1. The van der Waals surface area contributed by atoms with Gasteiger partial charge in [-0.1, -0.05) is 0 Å². The van der Waals surface area contributed by atoms with Gasteiger partial charge in [0.2, 0.25) is 0 Å². The second kappa shape index (κ2) is 7.99. The van der Waals surface area contributed by atoms with E-state index in [-0.39, 0.29) is 35.1 Å². The van der Waals surface area contributed by atoms with Crippen molar-refractivity contribution in [2.24, 2.45) is 0 Å². The predicted molar refractivity (Wildman–Crippen MR) is 121 cm³/mol. The van der Waals surface area contributed by atoms with E-state index in [9.17, 15) is 17.9 Å². The van der Waals surface area contributed by atoms with Crippen molar-refractivity contribution in [1.82, 2.24) is 19.2 Å². The highest BCUT2D eigenvalue weighted by atomic mass is 32.2. The number of aliphatic hydroxyl groups is 1. The normalized spacial score (nSPS) is 12.6. The molecule has 1 aromatic carbocycles. The Morgan fingerprint density at radius 3 is 2.48 bits per heavy atom. The molecule has 4 aromatic rings. The van der Waals surface area contributed by atoms with E-state index >= 15 is 0 Å². The Hall–Kier alpha value is -3.18. The Bertz CT molecular complexity index is 1470. The fourth-order valence-electron chi connectivity index (χ4n) is 3.67. The third-order valence-electron chi connectivity index (χ3n) is 5.45. The number of aromatic nitrogens is 4. The van der Waals surface area contributed by atoms with Crippen molar-refractivity contribution < 1.29 is 27.4 Å². The fraction of sp³-hybridized carbons (Fsp3) is 0.364. The second-order valence-electron chi connectivity index (χ2n) is 8.51. The molecule has 0 atom stereocenters. The van der Waals surface area contributed by atoms with Crippen LogP contribution in [-0.2, 0) is 16.4 Å². The number of pyridine rings is 1. The Labute approximate surface area is 190 Å². The molecule has 0 aliphatic carbocycles. The number of hydrogen-bond acceptors (Lipinski definition) is 7. The lowest BCUT2D eigenvalue weighted by atomic mass is 10.1. The second-order valence-corrected chi connectivity index (χ2v) is 11.2. The van der Waals surface area contributed by atoms with Crippen LogP contribution in [0.25, 0.3) is 27.8 Å². The van der Waals surface area contributed by atoms with E-state index in [1.807, 2.05) is 0 Å². The minimum atomic E-state index is -3.76. The smallest absolute Gasteiger partial charge is 0.188 e. The first-order chi connectivity index (χ1) is 15.5. The molecule has 176 valence electrons. The van der Waals surface area contributed by atoms with Crippen LogP contribution in [0.15, 0.2) is 35.6 Å². The summed E-state index contributed by atoms with van der Waals surface area (Å²) in [4.78, 5) is 4.38. The first-order valence-electron chi connectivity index (χ1n) is 10.2. The lowest BCUT2D eigenvalue weighted by Gasteiger charge is -2.21. The molecule has 0 saturated carbocycles. The number of methoxy groups -OCH3 is 2. The lowest BCUT2D eigenvalue weighted by Crippen LogP contribution is -2.28. The Morgan fingerprint density at radius 1 is 1.15 bits per heavy atom. The molecule has 4 rings (SSSR count). The molecule has 0 radical (unpaired) electrons. The number of sulfone groups is 1. The van der Waals surface area contributed by atoms with Gasteiger partial charge in [-0.25, -0.2) is 17.8 Å². The van der Waals surface area contributed by atoms with Crippen LogP contribution in [0, 0.1) is 5.82 Å². The van der Waals surface area contributed by atoms with Crippen LogP contribution in [0.5, 0.6) is 11.5 Å². The van der Waals surface area contributed by atoms with Crippen molar-refractivity contribution in [2.45, 2.75) is 37.0 Å². The number of imidazole rings is 1. The van der Waals surface area contributed by atoms with Gasteiger partial charge >= 0.3 is 0 Å². The van der Waals surface area contributed by atoms with E-state index in [1.54, 1.807) is 31.4 Å². The van der Waals surface area contributed by atoms with Gasteiger partial charge in [0.25, 0.3) is 0 Å². The average Bonchev–Trinajstić information content (AvgIpc) is 3.35. The Balaban J connectivity index is 2.05. The average molecular weight is 477 g/mol. The molecule has 0 bridgehead atoms. The summed E-state index contributed by atoms with van der Waals surface area (Å²) in [6.45, 7) is 4.91. The molecular weight excluding hydrogens is 451 g/mol. The van der Waals surface area contributed by atoms with Gasteiger partial charge in [0.15, 0.2) is 21.4 Å². The first kappa shape index (κ1) is 23.0. The molecule has 3 heterocycles. The summed E-state index contributed by atoms with van der Waals surface area (Å²) < 4.78 is 54.0. The summed E-state index contributed by atoms with van der Waals surface area (Å²) >= 11 is 0. The zero-order valence-electron chi connectivity index (χ0n) is 19.0. The van der Waals surface area contributed by atoms with Crippen molar-refractivity contribution >= 4 is 26.4 Å². The number of halogens is 1. The Kier molecular flexibility index (Phi) is 5.57. The minimum absolute atomic E-state index is 0.00505. The zero-order valence-corrected chi connectivity index (χ0v) is 19.8. The summed E-state index contributed by atoms with van der Waals surface area (Å²) in [5, 5.41) is 14.2. The van der Waals surface area contributed by atoms with Crippen LogP contribution < -0.4 is 9.47 Å². The number of rotatable bonds is 6. The molecule has 0 aliphatic rings. The van der Waals surface area contributed by atoms with Crippen LogP contribution in [0.1, 0.15) is 20.8 Å². The predicted octanol–water partition coefficient (Wildman–Crippen LogP) is 3.07. The van der Waals surface area contributed by atoms with Gasteiger partial charge in [0.05, 0.1) is 44.0 Å². The first-order valence-corrected chi connectivity index (χ1v) is 11.7. The molecule has 11 heteroatoms. The van der Waals surface area contributed by atoms with Crippen LogP contribution in [-0.4, -0.2) is 58.3 Å². The van der Waals surface area contributed by atoms with Crippen LogP contribution in [0.2, 0.25) is 0 Å². The topological polar surface area (TPSA) is 108 Å². The number of aliphatic hydroxyl groups excluding tert-OH is 1. The van der Waals surface area contributed by atoms with E-state index in [0.717, 1.165) is 0 Å². The molecule has 33 heavy (non-hydrogen) atoms. The molecule has 1 N–H and O–H groups in total. The third kappa shape index (κ3) is 3.61. The molecule has 3 aromatic heterocycles. The van der Waals surface area contributed by atoms with Gasteiger partial charge < -0.3 is 14.6 Å². The van der Waals surface area contributed by atoms with Crippen LogP contribution in [0.3, 0.4) is 0 Å². The lowest BCUT2D eigenvalue weighted by molar-refractivity contribution is 0.269. The highest BCUT2D eigenvalue weighted by Crippen LogP contribution is 2.38. The van der Waals surface area contributed by atoms with Gasteiger partial charge in [-0.05, 0) is 26.8 Å². The highest BCUT2D eigenvalue weighted by Gasteiger charge is 2.34. The van der Waals surface area contributed by atoms with Gasteiger partial charge in [-0.3, -0.25) is 9.08 Å². The maximum absolute atomic E-state index is 14.9. The maximum Gasteiger partial charge on any atom is 0.188 e. The van der Waals surface area contributed by atoms with Crippen molar-refractivity contribution in [1.29, 1.82) is 0 Å². The van der Waals surface area contributed by atoms with E-state index < -0.39 is 20.4 Å². The number of nitrogens with zero attached hydrogens (tertiary/aromatic N) is 4. The zero-order chi connectivity index (χ0) is 24.1. The third-order valence-corrected chi connectivity index (χ3v) is 7.95. The van der Waals surface area contributed by atoms with Crippen molar-refractivity contribution in [3.63, 3.8) is 0 Å². The maximum atomic E-state index is 14.9. The van der Waals surface area contributed by atoms with E-state index in [0.29, 0.717) is 22.3 Å². The SMILES string of the molecule is COc1cc2ncc(-c3cc(F)c(OC)c4nn(CCO)cc34)n2cc1S(=O)(=O)C(C)(C)C. The van der Waals surface area contributed by atoms with Crippen molar-refractivity contribution in [2.75, 3.05) is 20.8 Å². The molecule has 0 amide bonds. The molecular formula is C22H25FN4O5S. The van der Waals surface area contributed by atoms with Crippen LogP contribution in [0.4, 0.5) is 4.39 Å². The molecule has 0 fully saturated rings. The summed E-state index contributed by atoms with van der Waals surface area (Å²) in [7, 11) is -1.01. The number of benzene rings is 1. The van der Waals surface area contributed by atoms with Gasteiger partial charge in [0, 0.05) is 29.4 Å². The van der Waals surface area contributed by atoms with Crippen molar-refractivity contribution in [3.8, 4) is 22.8 Å².